The lowest BCUT2D eigenvalue weighted by molar-refractivity contribution is -0.137. The third-order valence-electron chi connectivity index (χ3n) is 6.49. The SMILES string of the molecule is CC(C)Oc1ccc(-c2nc(-c3ccc4c(c3)c(C(=O)C(F)(F)F)c3n4CC[C@@H]3CC(=O)O)no2)cc1C#N. The maximum Gasteiger partial charge on any atom is 0.454 e. The number of halogens is 3. The largest absolute Gasteiger partial charge is 0.490 e. The van der Waals surface area contributed by atoms with Crippen LogP contribution in [0.5, 0.6) is 5.75 Å². The molecule has 12 heteroatoms. The van der Waals surface area contributed by atoms with Gasteiger partial charge in [-0.2, -0.15) is 23.4 Å². The van der Waals surface area contributed by atoms with E-state index in [9.17, 15) is 33.1 Å². The predicted molar refractivity (Wildman–Crippen MR) is 131 cm³/mol. The van der Waals surface area contributed by atoms with Crippen LogP contribution in [0.2, 0.25) is 0 Å². The Balaban J connectivity index is 1.58. The van der Waals surface area contributed by atoms with Gasteiger partial charge in [-0.15, -0.1) is 0 Å². The molecule has 1 aliphatic rings. The highest BCUT2D eigenvalue weighted by atomic mass is 19.4. The first-order valence-corrected chi connectivity index (χ1v) is 12.0. The highest BCUT2D eigenvalue weighted by molar-refractivity contribution is 6.13. The summed E-state index contributed by atoms with van der Waals surface area (Å²) in [7, 11) is 0. The summed E-state index contributed by atoms with van der Waals surface area (Å²) in [5, 5.41) is 22.7. The number of carbonyl (C=O) groups excluding carboxylic acids is 1. The van der Waals surface area contributed by atoms with Gasteiger partial charge >= 0.3 is 12.1 Å². The Labute approximate surface area is 219 Å². The van der Waals surface area contributed by atoms with Gasteiger partial charge in [0, 0.05) is 40.2 Å². The van der Waals surface area contributed by atoms with Gasteiger partial charge in [-0.25, -0.2) is 0 Å². The maximum atomic E-state index is 13.6. The van der Waals surface area contributed by atoms with Crippen molar-refractivity contribution >= 4 is 22.7 Å². The second-order valence-electron chi connectivity index (χ2n) is 9.47. The summed E-state index contributed by atoms with van der Waals surface area (Å²) in [5.74, 6) is -3.39. The number of carboxylic acid groups (broad SMARTS) is 1. The lowest BCUT2D eigenvalue weighted by Crippen LogP contribution is -2.24. The summed E-state index contributed by atoms with van der Waals surface area (Å²) in [6, 6.07) is 11.4. The molecule has 0 bridgehead atoms. The molecule has 39 heavy (non-hydrogen) atoms. The number of aromatic nitrogens is 3. The molecule has 4 aromatic rings. The summed E-state index contributed by atoms with van der Waals surface area (Å²) < 4.78 is 53.4. The van der Waals surface area contributed by atoms with Crippen LogP contribution in [0.15, 0.2) is 40.9 Å². The van der Waals surface area contributed by atoms with Gasteiger partial charge in [0.05, 0.1) is 23.7 Å². The monoisotopic (exact) mass is 538 g/mol. The number of aryl methyl sites for hydroxylation is 1. The third kappa shape index (κ3) is 4.71. The van der Waals surface area contributed by atoms with Crippen molar-refractivity contribution in [1.29, 1.82) is 5.26 Å². The first-order chi connectivity index (χ1) is 18.5. The average Bonchev–Trinajstić information content (AvgIpc) is 3.58. The smallest absolute Gasteiger partial charge is 0.454 e. The van der Waals surface area contributed by atoms with Crippen LogP contribution in [-0.4, -0.2) is 43.8 Å². The number of ketones is 1. The summed E-state index contributed by atoms with van der Waals surface area (Å²) >= 11 is 0. The van der Waals surface area contributed by atoms with Crippen LogP contribution in [0.4, 0.5) is 13.2 Å². The minimum absolute atomic E-state index is 0.0354. The average molecular weight is 538 g/mol. The van der Waals surface area contributed by atoms with E-state index in [1.165, 1.54) is 12.1 Å². The van der Waals surface area contributed by atoms with Crippen molar-refractivity contribution in [1.82, 2.24) is 14.7 Å². The van der Waals surface area contributed by atoms with E-state index in [4.69, 9.17) is 9.26 Å². The second-order valence-corrected chi connectivity index (χ2v) is 9.47. The molecular weight excluding hydrogens is 517 g/mol. The van der Waals surface area contributed by atoms with Crippen LogP contribution in [0.3, 0.4) is 0 Å². The number of rotatable bonds is 7. The Kier molecular flexibility index (Phi) is 6.38. The molecule has 200 valence electrons. The number of ether oxygens (including phenoxy) is 1. The van der Waals surface area contributed by atoms with Crippen molar-refractivity contribution in [2.45, 2.75) is 51.4 Å². The number of nitriles is 1. The predicted octanol–water partition coefficient (Wildman–Crippen LogP) is 5.72. The minimum Gasteiger partial charge on any atom is -0.490 e. The van der Waals surface area contributed by atoms with Gasteiger partial charge in [0.15, 0.2) is 0 Å². The van der Waals surface area contributed by atoms with E-state index in [-0.39, 0.29) is 40.9 Å². The van der Waals surface area contributed by atoms with Gasteiger partial charge in [0.25, 0.3) is 11.7 Å². The Morgan fingerprint density at radius 2 is 1.97 bits per heavy atom. The summed E-state index contributed by atoms with van der Waals surface area (Å²) in [6.45, 7) is 3.95. The topological polar surface area (TPSA) is 131 Å². The highest BCUT2D eigenvalue weighted by Gasteiger charge is 2.45. The number of carboxylic acids is 1. The normalized spacial score (nSPS) is 14.9. The molecule has 2 aromatic carbocycles. The van der Waals surface area contributed by atoms with Crippen molar-refractivity contribution in [2.24, 2.45) is 0 Å². The van der Waals surface area contributed by atoms with Crippen LogP contribution in [0, 0.1) is 11.3 Å². The molecule has 0 aliphatic carbocycles. The molecule has 3 heterocycles. The lowest BCUT2D eigenvalue weighted by Gasteiger charge is -2.11. The number of hydrogen-bond acceptors (Lipinski definition) is 7. The quantitative estimate of drug-likeness (QED) is 0.296. The van der Waals surface area contributed by atoms with Crippen molar-refractivity contribution in [3.8, 4) is 34.7 Å². The second kappa shape index (κ2) is 9.58. The van der Waals surface area contributed by atoms with E-state index in [1.54, 1.807) is 28.8 Å². The molecule has 1 N–H and O–H groups in total. The lowest BCUT2D eigenvalue weighted by atomic mass is 9.93. The first kappa shape index (κ1) is 26.0. The van der Waals surface area contributed by atoms with Gasteiger partial charge in [-0.05, 0) is 56.7 Å². The number of benzene rings is 2. The number of hydrogen-bond donors (Lipinski definition) is 1. The number of aliphatic carboxylic acids is 1. The standard InChI is InChI=1S/C27H21F3N4O5/c1-13(2)38-20-6-4-16(9-17(20)12-31)26-32-25(33-39-26)15-3-5-19-18(10-15)22(24(37)27(28,29)30)23-14(11-21(35)36)7-8-34(19)23/h3-6,9-10,13-14H,7-8,11H2,1-2H3,(H,35,36)/t14-/m1/s1. The fourth-order valence-electron chi connectivity index (χ4n) is 4.96. The van der Waals surface area contributed by atoms with E-state index < -0.39 is 29.4 Å². The number of nitrogens with zero attached hydrogens (tertiary/aromatic N) is 4. The number of carbonyl (C=O) groups is 2. The van der Waals surface area contributed by atoms with Crippen LogP contribution >= 0.6 is 0 Å². The molecule has 0 saturated heterocycles. The zero-order valence-electron chi connectivity index (χ0n) is 20.7. The molecule has 2 aromatic heterocycles. The minimum atomic E-state index is -5.15. The molecule has 0 unspecified atom stereocenters. The van der Waals surface area contributed by atoms with Gasteiger partial charge in [0.2, 0.25) is 5.82 Å². The molecule has 0 fully saturated rings. The van der Waals surface area contributed by atoms with Crippen molar-refractivity contribution in [3.05, 3.63) is 53.2 Å². The molecule has 0 saturated carbocycles. The molecule has 1 aliphatic heterocycles. The molecule has 0 spiro atoms. The van der Waals surface area contributed by atoms with Crippen molar-refractivity contribution in [2.75, 3.05) is 0 Å². The van der Waals surface area contributed by atoms with Gasteiger partial charge < -0.3 is 18.9 Å². The number of Topliss-reactive ketones (excluding diaryl/α,β-unsaturated/α-hetero) is 1. The van der Waals surface area contributed by atoms with Gasteiger partial charge in [-0.3, -0.25) is 9.59 Å². The molecule has 9 nitrogen and oxygen atoms in total. The Morgan fingerprint density at radius 1 is 1.23 bits per heavy atom. The van der Waals surface area contributed by atoms with Crippen LogP contribution in [0.25, 0.3) is 33.7 Å². The van der Waals surface area contributed by atoms with E-state index in [2.05, 4.69) is 16.2 Å². The van der Waals surface area contributed by atoms with Gasteiger partial charge in [-0.1, -0.05) is 5.16 Å². The van der Waals surface area contributed by atoms with Gasteiger partial charge in [0.1, 0.15) is 11.8 Å². The fraction of sp³-hybridized carbons (Fsp3) is 0.296. The fourth-order valence-corrected chi connectivity index (χ4v) is 4.96. The number of fused-ring (bicyclic) bond motifs is 3. The summed E-state index contributed by atoms with van der Waals surface area (Å²) in [5.41, 5.74) is 0.914. The zero-order valence-corrected chi connectivity index (χ0v) is 20.7. The number of alkyl halides is 3. The molecule has 0 amide bonds. The van der Waals surface area contributed by atoms with Crippen LogP contribution in [0.1, 0.15) is 54.2 Å². The van der Waals surface area contributed by atoms with E-state index in [1.807, 2.05) is 13.8 Å². The maximum absolute atomic E-state index is 13.6. The molecule has 1 atom stereocenters. The molecule has 5 rings (SSSR count). The van der Waals surface area contributed by atoms with Crippen LogP contribution in [-0.2, 0) is 11.3 Å². The zero-order chi connectivity index (χ0) is 28.1. The molecular formula is C27H21F3N4O5. The Hall–Kier alpha value is -4.66. The van der Waals surface area contributed by atoms with Crippen molar-refractivity contribution in [3.63, 3.8) is 0 Å². The van der Waals surface area contributed by atoms with Crippen molar-refractivity contribution < 1.29 is 37.1 Å². The first-order valence-electron chi connectivity index (χ1n) is 12.0. The summed E-state index contributed by atoms with van der Waals surface area (Å²) in [6.07, 6.45) is -5.36. The Morgan fingerprint density at radius 3 is 2.64 bits per heavy atom. The van der Waals surface area contributed by atoms with E-state index in [0.717, 1.165) is 0 Å². The van der Waals surface area contributed by atoms with Crippen LogP contribution < -0.4 is 4.74 Å². The highest BCUT2D eigenvalue weighted by Crippen LogP contribution is 2.43. The molecule has 0 radical (unpaired) electrons. The Bertz CT molecular complexity index is 1660. The van der Waals surface area contributed by atoms with E-state index in [0.29, 0.717) is 35.4 Å². The summed E-state index contributed by atoms with van der Waals surface area (Å²) in [4.78, 5) is 28.3. The third-order valence-corrected chi connectivity index (χ3v) is 6.49. The van der Waals surface area contributed by atoms with E-state index >= 15 is 0 Å².